The van der Waals surface area contributed by atoms with Gasteiger partial charge >= 0.3 is 5.97 Å². The minimum absolute atomic E-state index is 0.318. The second-order valence-electron chi connectivity index (χ2n) is 3.39. The summed E-state index contributed by atoms with van der Waals surface area (Å²) < 4.78 is 4.87. The number of thiazole rings is 1. The zero-order valence-electron chi connectivity index (χ0n) is 9.64. The Morgan fingerprint density at radius 1 is 1.44 bits per heavy atom. The van der Waals surface area contributed by atoms with Crippen LogP contribution in [0.2, 0.25) is 5.02 Å². The van der Waals surface area contributed by atoms with E-state index in [-0.39, 0.29) is 0 Å². The number of aromatic nitrogens is 1. The minimum atomic E-state index is -0.405. The molecule has 1 aromatic carbocycles. The van der Waals surface area contributed by atoms with Gasteiger partial charge in [0.2, 0.25) is 0 Å². The summed E-state index contributed by atoms with van der Waals surface area (Å²) in [6.45, 7) is 2.10. The molecule has 1 aromatic heterocycles. The van der Waals surface area contributed by atoms with Gasteiger partial charge in [-0.2, -0.15) is 0 Å². The third-order valence-electron chi connectivity index (χ3n) is 2.08. The number of halogens is 1. The predicted molar refractivity (Wildman–Crippen MR) is 72.8 cm³/mol. The highest BCUT2D eigenvalue weighted by molar-refractivity contribution is 7.14. The molecule has 18 heavy (non-hydrogen) atoms. The lowest BCUT2D eigenvalue weighted by Crippen LogP contribution is -2.04. The Labute approximate surface area is 114 Å². The smallest absolute Gasteiger partial charge is 0.357 e. The monoisotopic (exact) mass is 282 g/mol. The SMILES string of the molecule is CCOC(=O)c1csc(Nc2ccc(Cl)cc2)n1. The number of nitrogens with zero attached hydrogens (tertiary/aromatic N) is 1. The number of anilines is 2. The lowest BCUT2D eigenvalue weighted by molar-refractivity contribution is 0.0520. The summed E-state index contributed by atoms with van der Waals surface area (Å²) in [5.74, 6) is -0.405. The van der Waals surface area contributed by atoms with E-state index in [2.05, 4.69) is 10.3 Å². The van der Waals surface area contributed by atoms with Crippen LogP contribution in [-0.2, 0) is 4.74 Å². The summed E-state index contributed by atoms with van der Waals surface area (Å²) in [6.07, 6.45) is 0. The fourth-order valence-corrected chi connectivity index (χ4v) is 2.11. The summed E-state index contributed by atoms with van der Waals surface area (Å²) in [6, 6.07) is 7.25. The number of hydrogen-bond acceptors (Lipinski definition) is 5. The molecule has 0 aliphatic rings. The van der Waals surface area contributed by atoms with Crippen LogP contribution in [0.4, 0.5) is 10.8 Å². The first-order valence-corrected chi connectivity index (χ1v) is 6.60. The van der Waals surface area contributed by atoms with Crippen LogP contribution < -0.4 is 5.32 Å². The van der Waals surface area contributed by atoms with Gasteiger partial charge in [0.1, 0.15) is 0 Å². The molecule has 0 saturated heterocycles. The maximum Gasteiger partial charge on any atom is 0.357 e. The van der Waals surface area contributed by atoms with Crippen LogP contribution in [0.15, 0.2) is 29.6 Å². The molecule has 6 heteroatoms. The van der Waals surface area contributed by atoms with Crippen LogP contribution >= 0.6 is 22.9 Å². The molecule has 0 aliphatic heterocycles. The average molecular weight is 283 g/mol. The molecule has 1 N–H and O–H groups in total. The van der Waals surface area contributed by atoms with Crippen molar-refractivity contribution in [3.63, 3.8) is 0 Å². The third kappa shape index (κ3) is 3.21. The van der Waals surface area contributed by atoms with Crippen molar-refractivity contribution in [3.05, 3.63) is 40.4 Å². The van der Waals surface area contributed by atoms with Crippen molar-refractivity contribution < 1.29 is 9.53 Å². The molecule has 0 unspecified atom stereocenters. The normalized spacial score (nSPS) is 10.1. The summed E-state index contributed by atoms with van der Waals surface area (Å²) in [4.78, 5) is 15.6. The molecule has 0 saturated carbocycles. The largest absolute Gasteiger partial charge is 0.461 e. The third-order valence-corrected chi connectivity index (χ3v) is 3.09. The molecule has 2 aromatic rings. The number of rotatable bonds is 4. The zero-order chi connectivity index (χ0) is 13.0. The van der Waals surface area contributed by atoms with Gasteiger partial charge in [-0.25, -0.2) is 9.78 Å². The molecule has 0 aliphatic carbocycles. The van der Waals surface area contributed by atoms with Gasteiger partial charge in [-0.3, -0.25) is 0 Å². The van der Waals surface area contributed by atoms with Crippen molar-refractivity contribution in [2.24, 2.45) is 0 Å². The van der Waals surface area contributed by atoms with Crippen LogP contribution in [0.1, 0.15) is 17.4 Å². The summed E-state index contributed by atoms with van der Waals surface area (Å²) in [5, 5.41) is 6.06. The van der Waals surface area contributed by atoms with E-state index in [4.69, 9.17) is 16.3 Å². The van der Waals surface area contributed by atoms with Gasteiger partial charge in [-0.1, -0.05) is 11.6 Å². The molecule has 0 bridgehead atoms. The highest BCUT2D eigenvalue weighted by Gasteiger charge is 2.11. The second-order valence-corrected chi connectivity index (χ2v) is 4.68. The van der Waals surface area contributed by atoms with E-state index in [0.29, 0.717) is 22.5 Å². The van der Waals surface area contributed by atoms with E-state index >= 15 is 0 Å². The van der Waals surface area contributed by atoms with Crippen molar-refractivity contribution in [2.45, 2.75) is 6.92 Å². The van der Waals surface area contributed by atoms with Gasteiger partial charge in [0, 0.05) is 16.1 Å². The highest BCUT2D eigenvalue weighted by atomic mass is 35.5. The number of ether oxygens (including phenoxy) is 1. The summed E-state index contributed by atoms with van der Waals surface area (Å²) in [5.41, 5.74) is 1.18. The molecule has 0 amide bonds. The Morgan fingerprint density at radius 3 is 2.83 bits per heavy atom. The topological polar surface area (TPSA) is 51.2 Å². The van der Waals surface area contributed by atoms with E-state index in [0.717, 1.165) is 5.69 Å². The molecule has 94 valence electrons. The van der Waals surface area contributed by atoms with Gasteiger partial charge < -0.3 is 10.1 Å². The van der Waals surface area contributed by atoms with E-state index in [1.165, 1.54) is 11.3 Å². The average Bonchev–Trinajstić information content (AvgIpc) is 2.81. The van der Waals surface area contributed by atoms with Crippen LogP contribution in [0, 0.1) is 0 Å². The van der Waals surface area contributed by atoms with E-state index in [1.54, 1.807) is 24.4 Å². The van der Waals surface area contributed by atoms with Crippen molar-refractivity contribution >= 4 is 39.7 Å². The second kappa shape index (κ2) is 5.84. The molecule has 1 heterocycles. The van der Waals surface area contributed by atoms with Gasteiger partial charge in [0.25, 0.3) is 0 Å². The number of benzene rings is 1. The molecule has 0 radical (unpaired) electrons. The van der Waals surface area contributed by atoms with Crippen LogP contribution in [-0.4, -0.2) is 17.6 Å². The number of hydrogen-bond donors (Lipinski definition) is 1. The molecule has 0 atom stereocenters. The molecule has 4 nitrogen and oxygen atoms in total. The summed E-state index contributed by atoms with van der Waals surface area (Å²) in [7, 11) is 0. The zero-order valence-corrected chi connectivity index (χ0v) is 11.2. The Morgan fingerprint density at radius 2 is 2.17 bits per heavy atom. The first-order valence-electron chi connectivity index (χ1n) is 5.34. The lowest BCUT2D eigenvalue weighted by atomic mass is 10.3. The van der Waals surface area contributed by atoms with Crippen molar-refractivity contribution in [3.8, 4) is 0 Å². The number of carbonyl (C=O) groups excluding carboxylic acids is 1. The Bertz CT molecular complexity index is 539. The molecule has 0 spiro atoms. The Hall–Kier alpha value is -1.59. The van der Waals surface area contributed by atoms with Crippen molar-refractivity contribution in [1.29, 1.82) is 0 Å². The molecular weight excluding hydrogens is 272 g/mol. The Kier molecular flexibility index (Phi) is 4.17. The van der Waals surface area contributed by atoms with E-state index in [1.807, 2.05) is 12.1 Å². The molecular formula is C12H11ClN2O2S. The number of carbonyl (C=O) groups is 1. The fraction of sp³-hybridized carbons (Fsp3) is 0.167. The maximum atomic E-state index is 11.4. The van der Waals surface area contributed by atoms with Gasteiger partial charge in [-0.05, 0) is 31.2 Å². The highest BCUT2D eigenvalue weighted by Crippen LogP contribution is 2.22. The first kappa shape index (κ1) is 12.9. The van der Waals surface area contributed by atoms with E-state index in [9.17, 15) is 4.79 Å². The quantitative estimate of drug-likeness (QED) is 0.869. The molecule has 2 rings (SSSR count). The standard InChI is InChI=1S/C12H11ClN2O2S/c1-2-17-11(16)10-7-18-12(15-10)14-9-5-3-8(13)4-6-9/h3-7H,2H2,1H3,(H,14,15). The number of nitrogens with one attached hydrogen (secondary N) is 1. The Balaban J connectivity index is 2.06. The lowest BCUT2D eigenvalue weighted by Gasteiger charge is -2.01. The minimum Gasteiger partial charge on any atom is -0.461 e. The predicted octanol–water partition coefficient (Wildman–Crippen LogP) is 3.72. The van der Waals surface area contributed by atoms with Crippen LogP contribution in [0.5, 0.6) is 0 Å². The van der Waals surface area contributed by atoms with Crippen LogP contribution in [0.3, 0.4) is 0 Å². The van der Waals surface area contributed by atoms with Crippen molar-refractivity contribution in [2.75, 3.05) is 11.9 Å². The van der Waals surface area contributed by atoms with Gasteiger partial charge in [0.05, 0.1) is 6.61 Å². The van der Waals surface area contributed by atoms with Crippen molar-refractivity contribution in [1.82, 2.24) is 4.98 Å². The summed E-state index contributed by atoms with van der Waals surface area (Å²) >= 11 is 7.14. The van der Waals surface area contributed by atoms with Gasteiger partial charge in [-0.15, -0.1) is 11.3 Å². The molecule has 0 fully saturated rings. The van der Waals surface area contributed by atoms with E-state index < -0.39 is 5.97 Å². The first-order chi connectivity index (χ1) is 8.69. The fourth-order valence-electron chi connectivity index (χ4n) is 1.29. The van der Waals surface area contributed by atoms with Gasteiger partial charge in [0.15, 0.2) is 10.8 Å². The number of esters is 1. The maximum absolute atomic E-state index is 11.4. The van der Waals surface area contributed by atoms with Crippen LogP contribution in [0.25, 0.3) is 0 Å².